The van der Waals surface area contributed by atoms with Crippen LogP contribution in [0.15, 0.2) is 66.8 Å². The van der Waals surface area contributed by atoms with Crippen molar-refractivity contribution in [1.29, 1.82) is 0 Å². The molecule has 0 aliphatic heterocycles. The first-order chi connectivity index (χ1) is 20.9. The van der Waals surface area contributed by atoms with E-state index in [1.807, 2.05) is 49.4 Å². The lowest BCUT2D eigenvalue weighted by molar-refractivity contribution is -0.174. The molecule has 2 aromatic rings. The van der Waals surface area contributed by atoms with Crippen molar-refractivity contribution in [2.45, 2.75) is 59.2 Å². The number of carbonyl (C=O) groups is 5. The van der Waals surface area contributed by atoms with Crippen LogP contribution in [0.4, 0.5) is 0 Å². The number of primary amides is 1. The van der Waals surface area contributed by atoms with Crippen LogP contribution in [0, 0.1) is 17.8 Å². The minimum absolute atomic E-state index is 0.0141. The van der Waals surface area contributed by atoms with E-state index < -0.39 is 41.9 Å². The SMILES string of the molecule is CC[C@H](OC(=O)[C@H](C)CNC(=O)[C@H](C)Cc1ccc(C=O)c(Cl)c1)C(=O)O[C@@H](C/C=C/C(N)=O)[C@H](C)/C=C/c1ccccc1. The highest BCUT2D eigenvalue weighted by Crippen LogP contribution is 2.20. The summed E-state index contributed by atoms with van der Waals surface area (Å²) in [6.07, 6.45) is 6.25. The van der Waals surface area contributed by atoms with Crippen molar-refractivity contribution in [2.24, 2.45) is 23.5 Å². The van der Waals surface area contributed by atoms with Crippen molar-refractivity contribution in [2.75, 3.05) is 6.54 Å². The third kappa shape index (κ3) is 12.2. The zero-order valence-corrected chi connectivity index (χ0v) is 26.3. The molecule has 0 spiro atoms. The van der Waals surface area contributed by atoms with Gasteiger partial charge in [-0.2, -0.15) is 0 Å². The fraction of sp³-hybridized carbons (Fsp3) is 0.382. The normalized spacial score (nSPS) is 14.8. The molecule has 0 aliphatic rings. The van der Waals surface area contributed by atoms with Crippen LogP contribution >= 0.6 is 11.6 Å². The minimum Gasteiger partial charge on any atom is -0.459 e. The topological polar surface area (TPSA) is 142 Å². The molecule has 0 aliphatic carbocycles. The van der Waals surface area contributed by atoms with Crippen molar-refractivity contribution < 1.29 is 33.4 Å². The predicted molar refractivity (Wildman–Crippen MR) is 170 cm³/mol. The zero-order valence-electron chi connectivity index (χ0n) is 25.5. The molecule has 2 aromatic carbocycles. The number of nitrogens with two attached hydrogens (primary N) is 1. The van der Waals surface area contributed by atoms with E-state index in [1.165, 1.54) is 6.08 Å². The Morgan fingerprint density at radius 3 is 2.30 bits per heavy atom. The Morgan fingerprint density at radius 1 is 0.977 bits per heavy atom. The highest BCUT2D eigenvalue weighted by Gasteiger charge is 2.29. The van der Waals surface area contributed by atoms with Gasteiger partial charge in [0.1, 0.15) is 6.10 Å². The van der Waals surface area contributed by atoms with E-state index in [0.29, 0.717) is 23.3 Å². The number of amides is 2. The van der Waals surface area contributed by atoms with Crippen LogP contribution in [0.5, 0.6) is 0 Å². The number of ether oxygens (including phenoxy) is 2. The summed E-state index contributed by atoms with van der Waals surface area (Å²) in [4.78, 5) is 60.7. The maximum Gasteiger partial charge on any atom is 0.347 e. The van der Waals surface area contributed by atoms with Crippen LogP contribution in [-0.2, 0) is 35.1 Å². The molecule has 5 atom stereocenters. The molecule has 2 amide bonds. The molecule has 236 valence electrons. The summed E-state index contributed by atoms with van der Waals surface area (Å²) in [7, 11) is 0. The molecule has 9 nitrogen and oxygen atoms in total. The number of aldehydes is 1. The number of carbonyl (C=O) groups excluding carboxylic acids is 5. The van der Waals surface area contributed by atoms with Crippen LogP contribution in [-0.4, -0.2) is 48.8 Å². The Labute approximate surface area is 263 Å². The Balaban J connectivity index is 1.95. The highest BCUT2D eigenvalue weighted by molar-refractivity contribution is 6.33. The summed E-state index contributed by atoms with van der Waals surface area (Å²) < 4.78 is 11.2. The van der Waals surface area contributed by atoms with Gasteiger partial charge < -0.3 is 20.5 Å². The smallest absolute Gasteiger partial charge is 0.347 e. The van der Waals surface area contributed by atoms with E-state index in [4.69, 9.17) is 26.8 Å². The molecule has 0 unspecified atom stereocenters. The molecule has 0 saturated carbocycles. The molecular weight excluding hydrogens is 584 g/mol. The number of esters is 2. The van der Waals surface area contributed by atoms with Crippen LogP contribution in [0.3, 0.4) is 0 Å². The molecule has 0 bridgehead atoms. The second kappa shape index (κ2) is 18.4. The van der Waals surface area contributed by atoms with Gasteiger partial charge >= 0.3 is 11.9 Å². The van der Waals surface area contributed by atoms with Gasteiger partial charge in [-0.25, -0.2) is 4.79 Å². The Morgan fingerprint density at radius 2 is 1.68 bits per heavy atom. The molecule has 3 N–H and O–H groups in total. The molecular formula is C34H41ClN2O7. The molecule has 0 fully saturated rings. The molecule has 0 saturated heterocycles. The second-order valence-corrected chi connectivity index (χ2v) is 11.1. The van der Waals surface area contributed by atoms with Gasteiger partial charge in [-0.3, -0.25) is 19.2 Å². The standard InChI is InChI=1S/C34H41ClN2O7/c1-5-29(34(42)44-30(12-9-13-31(36)39)22(2)14-15-25-10-7-6-8-11-25)43-33(41)24(4)20-37-32(40)23(3)18-26-16-17-27(21-38)28(35)19-26/h6-11,13-17,19,21-24,29-30H,5,12,18,20H2,1-4H3,(H2,36,39)(H,37,40)/b13-9+,15-14+/t22-,23-,24-,29+,30+/m1/s1. The molecule has 2 rings (SSSR count). The van der Waals surface area contributed by atoms with Crippen molar-refractivity contribution in [1.82, 2.24) is 5.32 Å². The number of nitrogens with one attached hydrogen (secondary N) is 1. The number of rotatable bonds is 17. The molecule has 0 radical (unpaired) electrons. The number of hydrogen-bond acceptors (Lipinski definition) is 7. The number of hydrogen-bond donors (Lipinski definition) is 2. The second-order valence-electron chi connectivity index (χ2n) is 10.7. The van der Waals surface area contributed by atoms with Gasteiger partial charge in [0.15, 0.2) is 12.4 Å². The maximum absolute atomic E-state index is 13.1. The minimum atomic E-state index is -1.15. The summed E-state index contributed by atoms with van der Waals surface area (Å²) in [6.45, 7) is 6.93. The first kappa shape index (κ1) is 36.0. The third-order valence-corrected chi connectivity index (χ3v) is 7.28. The first-order valence-corrected chi connectivity index (χ1v) is 14.9. The predicted octanol–water partition coefficient (Wildman–Crippen LogP) is 5.10. The number of halogens is 1. The Kier molecular flexibility index (Phi) is 15.1. The summed E-state index contributed by atoms with van der Waals surface area (Å²) in [5.41, 5.74) is 7.36. The van der Waals surface area contributed by atoms with E-state index in [9.17, 15) is 24.0 Å². The quantitative estimate of drug-likeness (QED) is 0.142. The lowest BCUT2D eigenvalue weighted by Gasteiger charge is -2.24. The average Bonchev–Trinajstić information content (AvgIpc) is 3.00. The highest BCUT2D eigenvalue weighted by atomic mass is 35.5. The van der Waals surface area contributed by atoms with Crippen LogP contribution in [0.25, 0.3) is 6.08 Å². The van der Waals surface area contributed by atoms with Crippen molar-refractivity contribution >= 4 is 47.7 Å². The maximum atomic E-state index is 13.1. The molecule has 0 aromatic heterocycles. The Hall–Kier alpha value is -4.24. The first-order valence-electron chi connectivity index (χ1n) is 14.6. The number of benzene rings is 2. The van der Waals surface area contributed by atoms with Crippen LogP contribution < -0.4 is 11.1 Å². The lowest BCUT2D eigenvalue weighted by Crippen LogP contribution is -2.39. The van der Waals surface area contributed by atoms with E-state index in [2.05, 4.69) is 5.32 Å². The van der Waals surface area contributed by atoms with Crippen LogP contribution in [0.1, 0.15) is 62.0 Å². The van der Waals surface area contributed by atoms with Gasteiger partial charge in [-0.05, 0) is 42.2 Å². The van der Waals surface area contributed by atoms with Gasteiger partial charge in [0.25, 0.3) is 0 Å². The van der Waals surface area contributed by atoms with E-state index in [-0.39, 0.29) is 31.2 Å². The zero-order chi connectivity index (χ0) is 32.6. The van der Waals surface area contributed by atoms with Gasteiger partial charge in [-0.1, -0.05) is 93.9 Å². The van der Waals surface area contributed by atoms with E-state index in [1.54, 1.807) is 45.0 Å². The molecule has 0 heterocycles. The van der Waals surface area contributed by atoms with Gasteiger partial charge in [0.2, 0.25) is 11.8 Å². The fourth-order valence-corrected chi connectivity index (χ4v) is 4.42. The largest absolute Gasteiger partial charge is 0.459 e. The lowest BCUT2D eigenvalue weighted by atomic mass is 9.99. The molecule has 10 heteroatoms. The van der Waals surface area contributed by atoms with Crippen molar-refractivity contribution in [3.8, 4) is 0 Å². The summed E-state index contributed by atoms with van der Waals surface area (Å²) in [5.74, 6) is -3.63. The Bertz CT molecular complexity index is 1340. The molecule has 44 heavy (non-hydrogen) atoms. The van der Waals surface area contributed by atoms with E-state index in [0.717, 1.165) is 11.1 Å². The summed E-state index contributed by atoms with van der Waals surface area (Å²) in [5, 5.41) is 3.07. The summed E-state index contributed by atoms with van der Waals surface area (Å²) >= 11 is 6.08. The van der Waals surface area contributed by atoms with E-state index >= 15 is 0 Å². The van der Waals surface area contributed by atoms with Gasteiger partial charge in [-0.15, -0.1) is 0 Å². The van der Waals surface area contributed by atoms with Crippen molar-refractivity contribution in [3.63, 3.8) is 0 Å². The monoisotopic (exact) mass is 624 g/mol. The van der Waals surface area contributed by atoms with Gasteiger partial charge in [0, 0.05) is 30.4 Å². The van der Waals surface area contributed by atoms with Crippen molar-refractivity contribution in [3.05, 3.63) is 88.5 Å². The van der Waals surface area contributed by atoms with Gasteiger partial charge in [0.05, 0.1) is 10.9 Å². The fourth-order valence-electron chi connectivity index (χ4n) is 4.17. The summed E-state index contributed by atoms with van der Waals surface area (Å²) in [6, 6.07) is 14.6. The average molecular weight is 625 g/mol. The third-order valence-electron chi connectivity index (χ3n) is 6.95. The van der Waals surface area contributed by atoms with Crippen LogP contribution in [0.2, 0.25) is 5.02 Å².